The van der Waals surface area contributed by atoms with Gasteiger partial charge in [-0.25, -0.2) is 0 Å². The number of benzene rings is 1. The van der Waals surface area contributed by atoms with Crippen LogP contribution >= 0.6 is 11.3 Å². The molecule has 3 aromatic rings. The molecule has 0 radical (unpaired) electrons. The summed E-state index contributed by atoms with van der Waals surface area (Å²) in [5, 5.41) is 13.7. The Morgan fingerprint density at radius 1 is 1.21 bits per heavy atom. The van der Waals surface area contributed by atoms with Crippen molar-refractivity contribution in [1.82, 2.24) is 19.8 Å². The van der Waals surface area contributed by atoms with Crippen molar-refractivity contribution >= 4 is 16.3 Å². The third kappa shape index (κ3) is 2.02. The Morgan fingerprint density at radius 2 is 2.00 bits per heavy atom. The van der Waals surface area contributed by atoms with Crippen molar-refractivity contribution in [3.63, 3.8) is 0 Å². The Hall–Kier alpha value is -1.79. The van der Waals surface area contributed by atoms with Crippen LogP contribution in [0.4, 0.5) is 0 Å². The van der Waals surface area contributed by atoms with Crippen molar-refractivity contribution in [3.05, 3.63) is 34.3 Å². The molecule has 19 heavy (non-hydrogen) atoms. The minimum Gasteiger partial charge on any atom is -0.322 e. The molecule has 1 aromatic carbocycles. The smallest absolute Gasteiger partial charge is 0.235 e. The Bertz CT molecular complexity index is 741. The van der Waals surface area contributed by atoms with Gasteiger partial charge in [0.05, 0.1) is 6.04 Å². The topological polar surface area (TPSA) is 69.1 Å². The van der Waals surface area contributed by atoms with Crippen molar-refractivity contribution in [2.75, 3.05) is 0 Å². The van der Waals surface area contributed by atoms with E-state index in [1.54, 1.807) is 4.52 Å². The predicted molar refractivity (Wildman–Crippen MR) is 76.2 cm³/mol. The highest BCUT2D eigenvalue weighted by atomic mass is 32.1. The lowest BCUT2D eigenvalue weighted by molar-refractivity contribution is 0.769. The predicted octanol–water partition coefficient (Wildman–Crippen LogP) is 2.49. The van der Waals surface area contributed by atoms with Crippen LogP contribution in [0.3, 0.4) is 0 Å². The third-order valence-corrected chi connectivity index (χ3v) is 4.26. The van der Waals surface area contributed by atoms with Gasteiger partial charge < -0.3 is 5.73 Å². The Labute approximate surface area is 115 Å². The minimum absolute atomic E-state index is 0.0840. The molecule has 0 aliphatic heterocycles. The summed E-state index contributed by atoms with van der Waals surface area (Å²) >= 11 is 1.48. The summed E-state index contributed by atoms with van der Waals surface area (Å²) in [6.07, 6.45) is 0. The fraction of sp³-hybridized carbons (Fsp3) is 0.308. The monoisotopic (exact) mass is 273 g/mol. The number of aryl methyl sites for hydroxylation is 2. The normalized spacial score (nSPS) is 13.1. The van der Waals surface area contributed by atoms with Crippen molar-refractivity contribution < 1.29 is 0 Å². The molecule has 2 aromatic heterocycles. The second-order valence-corrected chi connectivity index (χ2v) is 5.73. The third-order valence-electron chi connectivity index (χ3n) is 3.16. The summed E-state index contributed by atoms with van der Waals surface area (Å²) in [6, 6.07) is 6.16. The lowest BCUT2D eigenvalue weighted by Gasteiger charge is -2.02. The fourth-order valence-corrected chi connectivity index (χ4v) is 2.67. The molecule has 3 rings (SSSR count). The molecule has 1 unspecified atom stereocenters. The van der Waals surface area contributed by atoms with E-state index in [4.69, 9.17) is 5.73 Å². The SMILES string of the molecule is Cc1ccc(-c2nnc3sc(C(C)N)nn23)cc1C. The lowest BCUT2D eigenvalue weighted by Crippen LogP contribution is -2.05. The van der Waals surface area contributed by atoms with Gasteiger partial charge in [0.1, 0.15) is 5.01 Å². The first-order valence-electron chi connectivity index (χ1n) is 6.11. The molecule has 0 aliphatic carbocycles. The molecule has 5 nitrogen and oxygen atoms in total. The second kappa shape index (κ2) is 4.40. The average Bonchev–Trinajstić information content (AvgIpc) is 2.92. The molecule has 0 saturated carbocycles. The van der Waals surface area contributed by atoms with E-state index < -0.39 is 0 Å². The van der Waals surface area contributed by atoms with Gasteiger partial charge >= 0.3 is 0 Å². The van der Waals surface area contributed by atoms with Crippen LogP contribution in [-0.2, 0) is 0 Å². The van der Waals surface area contributed by atoms with Gasteiger partial charge in [-0.3, -0.25) is 0 Å². The quantitative estimate of drug-likeness (QED) is 0.779. The van der Waals surface area contributed by atoms with Gasteiger partial charge in [-0.2, -0.15) is 9.61 Å². The number of rotatable bonds is 2. The molecule has 2 heterocycles. The van der Waals surface area contributed by atoms with E-state index in [2.05, 4.69) is 41.3 Å². The number of nitrogens with two attached hydrogens (primary N) is 1. The van der Waals surface area contributed by atoms with E-state index in [-0.39, 0.29) is 6.04 Å². The van der Waals surface area contributed by atoms with Crippen LogP contribution in [0.1, 0.15) is 29.1 Å². The number of nitrogens with zero attached hydrogens (tertiary/aromatic N) is 4. The first-order valence-corrected chi connectivity index (χ1v) is 6.93. The minimum atomic E-state index is -0.0840. The Balaban J connectivity index is 2.16. The van der Waals surface area contributed by atoms with E-state index in [1.807, 2.05) is 13.0 Å². The molecule has 0 aliphatic rings. The van der Waals surface area contributed by atoms with Gasteiger partial charge in [-0.15, -0.1) is 10.2 Å². The maximum atomic E-state index is 5.86. The van der Waals surface area contributed by atoms with Gasteiger partial charge in [0, 0.05) is 5.56 Å². The van der Waals surface area contributed by atoms with Crippen LogP contribution in [0.5, 0.6) is 0 Å². The van der Waals surface area contributed by atoms with Crippen LogP contribution in [0, 0.1) is 13.8 Å². The summed E-state index contributed by atoms with van der Waals surface area (Å²) < 4.78 is 1.77. The van der Waals surface area contributed by atoms with Gasteiger partial charge in [0.15, 0.2) is 5.82 Å². The van der Waals surface area contributed by atoms with Crippen LogP contribution in [0.15, 0.2) is 18.2 Å². The highest BCUT2D eigenvalue weighted by Gasteiger charge is 2.15. The molecule has 0 amide bonds. The largest absolute Gasteiger partial charge is 0.322 e. The zero-order valence-corrected chi connectivity index (χ0v) is 11.9. The average molecular weight is 273 g/mol. The molecular formula is C13H15N5S. The maximum absolute atomic E-state index is 5.86. The molecule has 0 fully saturated rings. The molecule has 0 bridgehead atoms. The fourth-order valence-electron chi connectivity index (χ4n) is 1.88. The number of fused-ring (bicyclic) bond motifs is 1. The van der Waals surface area contributed by atoms with Gasteiger partial charge in [-0.05, 0) is 38.0 Å². The number of hydrogen-bond donors (Lipinski definition) is 1. The van der Waals surface area contributed by atoms with Crippen LogP contribution < -0.4 is 5.73 Å². The van der Waals surface area contributed by atoms with Crippen LogP contribution in [-0.4, -0.2) is 19.8 Å². The van der Waals surface area contributed by atoms with Crippen LogP contribution in [0.2, 0.25) is 0 Å². The summed E-state index contributed by atoms with van der Waals surface area (Å²) in [5.74, 6) is 0.765. The molecule has 6 heteroatoms. The molecule has 2 N–H and O–H groups in total. The second-order valence-electron chi connectivity index (χ2n) is 4.75. The van der Waals surface area contributed by atoms with Crippen molar-refractivity contribution in [2.24, 2.45) is 5.73 Å². The number of aromatic nitrogens is 4. The standard InChI is InChI=1S/C13H15N5S/c1-7-4-5-10(6-8(7)2)11-15-16-13-18(11)17-12(19-13)9(3)14/h4-6,9H,14H2,1-3H3. The van der Waals surface area contributed by atoms with E-state index in [9.17, 15) is 0 Å². The first kappa shape index (κ1) is 12.3. The van der Waals surface area contributed by atoms with Gasteiger partial charge in [0.25, 0.3) is 0 Å². The Kier molecular flexibility index (Phi) is 2.83. The summed E-state index contributed by atoms with van der Waals surface area (Å²) in [5.41, 5.74) is 9.38. The van der Waals surface area contributed by atoms with Crippen molar-refractivity contribution in [1.29, 1.82) is 0 Å². The molecule has 98 valence electrons. The molecule has 0 saturated heterocycles. The zero-order valence-electron chi connectivity index (χ0n) is 11.1. The summed E-state index contributed by atoms with van der Waals surface area (Å²) in [6.45, 7) is 6.10. The number of hydrogen-bond acceptors (Lipinski definition) is 5. The van der Waals surface area contributed by atoms with Crippen molar-refractivity contribution in [3.8, 4) is 11.4 Å². The van der Waals surface area contributed by atoms with Gasteiger partial charge in [0.2, 0.25) is 4.96 Å². The highest BCUT2D eigenvalue weighted by Crippen LogP contribution is 2.25. The lowest BCUT2D eigenvalue weighted by atomic mass is 10.1. The van der Waals surface area contributed by atoms with E-state index >= 15 is 0 Å². The summed E-state index contributed by atoms with van der Waals surface area (Å²) in [4.78, 5) is 0.778. The van der Waals surface area contributed by atoms with E-state index in [0.717, 1.165) is 21.4 Å². The van der Waals surface area contributed by atoms with E-state index in [1.165, 1.54) is 22.5 Å². The Morgan fingerprint density at radius 3 is 2.68 bits per heavy atom. The summed E-state index contributed by atoms with van der Waals surface area (Å²) in [7, 11) is 0. The molecule has 0 spiro atoms. The molecular weight excluding hydrogens is 258 g/mol. The zero-order chi connectivity index (χ0) is 13.6. The highest BCUT2D eigenvalue weighted by molar-refractivity contribution is 7.16. The maximum Gasteiger partial charge on any atom is 0.235 e. The van der Waals surface area contributed by atoms with Crippen LogP contribution in [0.25, 0.3) is 16.3 Å². The van der Waals surface area contributed by atoms with E-state index in [0.29, 0.717) is 0 Å². The van der Waals surface area contributed by atoms with Gasteiger partial charge in [-0.1, -0.05) is 23.5 Å². The molecule has 1 atom stereocenters. The first-order chi connectivity index (χ1) is 9.06. The van der Waals surface area contributed by atoms with Crippen molar-refractivity contribution in [2.45, 2.75) is 26.8 Å².